The lowest BCUT2D eigenvalue weighted by Gasteiger charge is -2.36. The van der Waals surface area contributed by atoms with Gasteiger partial charge in [0.15, 0.2) is 0 Å². The monoisotopic (exact) mass is 624 g/mol. The van der Waals surface area contributed by atoms with Gasteiger partial charge in [0.2, 0.25) is 0 Å². The molecular weight excluding hydrogens is 565 g/mol. The molecule has 0 nitrogen and oxygen atoms in total. The molecule has 0 atom stereocenters. The smallest absolute Gasteiger partial charge is 0.0636 e. The quantitative estimate of drug-likeness (QED) is 0.183. The first-order valence-electron chi connectivity index (χ1n) is 27.5. The first-order chi connectivity index (χ1) is 34.0. The Labute approximate surface area is 312 Å². The molecule has 0 bridgehead atoms. The number of hydrogen-bond acceptors (Lipinski definition) is 0. The van der Waals surface area contributed by atoms with Crippen molar-refractivity contribution in [1.29, 1.82) is 0 Å². The minimum absolute atomic E-state index is 0.132. The highest BCUT2D eigenvalue weighted by Crippen LogP contribution is 2.51. The van der Waals surface area contributed by atoms with Gasteiger partial charge >= 0.3 is 0 Å². The van der Waals surface area contributed by atoms with Crippen molar-refractivity contribution in [3.05, 3.63) is 167 Å². The van der Waals surface area contributed by atoms with Crippen LogP contribution in [0, 0.1) is 0 Å². The molecule has 8 aromatic carbocycles. The van der Waals surface area contributed by atoms with Gasteiger partial charge in [-0.1, -0.05) is 160 Å². The van der Waals surface area contributed by atoms with E-state index in [1.807, 2.05) is 0 Å². The van der Waals surface area contributed by atoms with Crippen LogP contribution in [-0.4, -0.2) is 0 Å². The number of rotatable bonds is 4. The van der Waals surface area contributed by atoms with Crippen molar-refractivity contribution in [1.82, 2.24) is 0 Å². The van der Waals surface area contributed by atoms with Crippen LogP contribution in [0.4, 0.5) is 0 Å². The topological polar surface area (TPSA) is 0 Å². The lowest BCUT2D eigenvalue weighted by Crippen LogP contribution is -2.23. The summed E-state index contributed by atoms with van der Waals surface area (Å²) in [6.45, 7) is 4.10. The Kier molecular flexibility index (Phi) is 2.55. The van der Waals surface area contributed by atoms with Gasteiger partial charge in [0, 0.05) is 5.41 Å². The van der Waals surface area contributed by atoms with Crippen molar-refractivity contribution >= 4 is 44.9 Å². The van der Waals surface area contributed by atoms with Crippen molar-refractivity contribution in [2.24, 2.45) is 0 Å². The molecule has 0 N–H and O–H groups in total. The van der Waals surface area contributed by atoms with E-state index < -0.39 is 217 Å². The van der Waals surface area contributed by atoms with Crippen LogP contribution < -0.4 is 5.22 Å². The average Bonchev–Trinajstić information content (AvgIpc) is 3.34. The Morgan fingerprint density at radius 1 is 0.553 bits per heavy atom. The largest absolute Gasteiger partial charge is 0.0984 e. The Bertz CT molecular complexity index is 4030. The molecule has 1 aliphatic rings. The number of hydrogen-bond donors (Lipinski definition) is 0. The molecule has 0 aromatic heterocycles. The molecule has 0 aliphatic heterocycles. The highest BCUT2D eigenvalue weighted by molar-refractivity contribution is 6.17. The summed E-state index contributed by atoms with van der Waals surface area (Å²) < 4.78 is 235. The molecule has 9 rings (SSSR count). The molecular formula is C47H34. The van der Waals surface area contributed by atoms with Gasteiger partial charge in [0.25, 0.3) is 0 Å². The van der Waals surface area contributed by atoms with E-state index in [-0.39, 0.29) is 32.5 Å². The van der Waals surface area contributed by atoms with Crippen molar-refractivity contribution < 1.29 is 35.6 Å². The Morgan fingerprint density at radius 2 is 1.28 bits per heavy atom. The van der Waals surface area contributed by atoms with Gasteiger partial charge in [-0.3, -0.25) is 0 Å². The molecule has 0 heterocycles. The van der Waals surface area contributed by atoms with E-state index >= 15 is 0 Å². The Balaban J connectivity index is 1.49. The Morgan fingerprint density at radius 3 is 2.15 bits per heavy atom. The van der Waals surface area contributed by atoms with Crippen LogP contribution in [0.3, 0.4) is 0 Å². The fourth-order valence-corrected chi connectivity index (χ4v) is 6.26. The molecule has 0 saturated heterocycles. The minimum Gasteiger partial charge on any atom is -0.0984 e. The third kappa shape index (κ3) is 4.01. The van der Waals surface area contributed by atoms with Crippen LogP contribution >= 0.6 is 0 Å². The van der Waals surface area contributed by atoms with Crippen LogP contribution in [0.1, 0.15) is 66.2 Å². The summed E-state index contributed by atoms with van der Waals surface area (Å²) in [6, 6.07) is -19.4. The number of benzene rings is 8. The van der Waals surface area contributed by atoms with Gasteiger partial charge in [-0.15, -0.1) is 0 Å². The highest BCUT2D eigenvalue weighted by atomic mass is 14.4. The van der Waals surface area contributed by atoms with Crippen LogP contribution in [0.15, 0.2) is 146 Å². The van der Waals surface area contributed by atoms with Crippen molar-refractivity contribution in [3.63, 3.8) is 0 Å². The van der Waals surface area contributed by atoms with Crippen molar-refractivity contribution in [2.45, 2.75) is 19.3 Å². The summed E-state index contributed by atoms with van der Waals surface area (Å²) in [7, 11) is 0. The zero-order valence-corrected chi connectivity index (χ0v) is 24.7. The molecule has 8 aromatic rings. The maximum Gasteiger partial charge on any atom is 0.0636 e. The fraction of sp³-hybridized carbons (Fsp3) is 0.0638. The lowest BCUT2D eigenvalue weighted by atomic mass is 9.67. The third-order valence-electron chi connectivity index (χ3n) is 8.49. The molecule has 222 valence electrons. The van der Waals surface area contributed by atoms with Crippen molar-refractivity contribution in [2.75, 3.05) is 0 Å². The third-order valence-corrected chi connectivity index (χ3v) is 8.49. The average molecular weight is 625 g/mol. The number of fused-ring (bicyclic) bond motifs is 2. The molecule has 0 fully saturated rings. The molecule has 1 aliphatic carbocycles. The van der Waals surface area contributed by atoms with E-state index in [0.717, 1.165) is 0 Å². The molecule has 0 spiro atoms. The second kappa shape index (κ2) is 10.1. The van der Waals surface area contributed by atoms with E-state index in [1.54, 1.807) is 0 Å². The second-order valence-electron chi connectivity index (χ2n) is 11.4. The first kappa shape index (κ1) is 11.8. The van der Waals surface area contributed by atoms with Gasteiger partial charge in [-0.2, -0.15) is 0 Å². The minimum atomic E-state index is -1.71. The Hall–Kier alpha value is -5.72. The van der Waals surface area contributed by atoms with Crippen molar-refractivity contribution in [3.8, 4) is 44.5 Å². The molecule has 0 amide bonds. The molecule has 0 unspecified atom stereocenters. The summed E-state index contributed by atoms with van der Waals surface area (Å²) in [5, 5.41) is -2.60. The van der Waals surface area contributed by atoms with E-state index in [1.165, 1.54) is 13.8 Å². The maximum absolute atomic E-state index is 9.97. The maximum atomic E-state index is 9.97. The van der Waals surface area contributed by atoms with Crippen LogP contribution in [0.25, 0.3) is 89.4 Å². The van der Waals surface area contributed by atoms with E-state index in [2.05, 4.69) is 0 Å². The second-order valence-corrected chi connectivity index (χ2v) is 11.4. The van der Waals surface area contributed by atoms with E-state index in [4.69, 9.17) is 17.8 Å². The molecule has 0 saturated carbocycles. The highest BCUT2D eigenvalue weighted by Gasteiger charge is 2.34. The van der Waals surface area contributed by atoms with Gasteiger partial charge in [-0.25, -0.2) is 0 Å². The SMILES string of the molecule is [2H]C=C([2H])c1c([2H])c([2H])c2c(-c3c([2H])c([2H])c([2H])c(-c4c([2H])c([2H])c5c(c4[2H])-c4c([2H])c([2H])c([2H])c6c(-c7c([2H])c([2H])c([2H])c([2H])c7[2H])c([2H])c([2H])c(c46)C5(C)C)c3[2H])c([2H])c([2H])c3c([2H])c([2H])c(=C[2H])c1c32. The lowest BCUT2D eigenvalue weighted by molar-refractivity contribution is 0.645. The molecule has 0 radical (unpaired) electrons. The van der Waals surface area contributed by atoms with Gasteiger partial charge in [0.05, 0.1) is 35.6 Å². The molecule has 47 heavy (non-hydrogen) atoms. The standard InChI is InChI=1S/C47H34/c1-5-30-19-23-40-37(22-20-32-18-17-29(2)44(30)45(32)40)35-14-9-13-33(27-35)34-21-25-42-41(28-34)39-16-10-15-38-36(31-11-7-6-8-12-31)24-26-43(46(38)39)47(42,3)4/h5-28H,1-2H2,3-4H3/i1D,2D,5D,6D,7D,8D,9D,10D,11D,12D,13D,14D,15D,16D,17D,18D,19D,20D,21D,22D,23D,24D,25D,26D,27D,28D. The zero-order chi connectivity index (χ0) is 54.2. The summed E-state index contributed by atoms with van der Waals surface area (Å²) in [6.07, 6.45) is 0. The van der Waals surface area contributed by atoms with Crippen LogP contribution in [0.2, 0.25) is 0 Å². The fourth-order valence-electron chi connectivity index (χ4n) is 6.26. The van der Waals surface area contributed by atoms with Gasteiger partial charge in [0.1, 0.15) is 0 Å². The van der Waals surface area contributed by atoms with Gasteiger partial charge in [-0.05, 0) is 111 Å². The summed E-state index contributed by atoms with van der Waals surface area (Å²) in [5.41, 5.74) is -7.38. The predicted octanol–water partition coefficient (Wildman–Crippen LogP) is 12.2. The van der Waals surface area contributed by atoms with Crippen LogP contribution in [-0.2, 0) is 5.41 Å². The summed E-state index contributed by atoms with van der Waals surface area (Å²) in [5.74, 6) is 0. The normalized spacial score (nSPS) is 21.9. The molecule has 0 heteroatoms. The zero-order valence-electron chi connectivity index (χ0n) is 50.7. The summed E-state index contributed by atoms with van der Waals surface area (Å²) in [4.78, 5) is 0. The van der Waals surface area contributed by atoms with Gasteiger partial charge < -0.3 is 0 Å². The van der Waals surface area contributed by atoms with Crippen LogP contribution in [0.5, 0.6) is 0 Å². The predicted molar refractivity (Wildman–Crippen MR) is 204 cm³/mol. The van der Waals surface area contributed by atoms with E-state index in [9.17, 15) is 17.8 Å². The first-order valence-corrected chi connectivity index (χ1v) is 14.3. The van der Waals surface area contributed by atoms with E-state index in [0.29, 0.717) is 13.1 Å². The summed E-state index contributed by atoms with van der Waals surface area (Å²) >= 11 is 0.